The molecule has 0 unspecified atom stereocenters. The van der Waals surface area contributed by atoms with E-state index in [1.165, 1.54) is 6.92 Å². The van der Waals surface area contributed by atoms with Crippen LogP contribution in [0.2, 0.25) is 0 Å². The third kappa shape index (κ3) is 8.10. The number of nitrogens with one attached hydrogen (secondary N) is 1. The summed E-state index contributed by atoms with van der Waals surface area (Å²) in [6.07, 6.45) is 3.30. The van der Waals surface area contributed by atoms with Crippen LogP contribution in [0.3, 0.4) is 0 Å². The number of nitrogens with zero attached hydrogens (tertiary/aromatic N) is 4. The molecule has 1 N–H and O–H groups in total. The van der Waals surface area contributed by atoms with Crippen LogP contribution < -0.4 is 5.32 Å². The number of hydrogen-bond donors (Lipinski definition) is 1. The number of morpholine rings is 1. The second kappa shape index (κ2) is 14.3. The Kier molecular flexibility index (Phi) is 10.5. The number of imidazole rings is 1. The van der Waals surface area contributed by atoms with Gasteiger partial charge in [-0.05, 0) is 50.2 Å². The second-order valence-electron chi connectivity index (χ2n) is 8.10. The number of fused-ring (bicyclic) bond motifs is 1. The minimum absolute atomic E-state index is 0.637. The number of benzene rings is 2. The molecule has 0 aliphatic carbocycles. The van der Waals surface area contributed by atoms with Crippen LogP contribution in [0, 0.1) is 11.8 Å². The summed E-state index contributed by atoms with van der Waals surface area (Å²) < 4.78 is 6.83. The number of carbonyl (C=O) groups excluding carboxylic acids is 2. The van der Waals surface area contributed by atoms with Crippen molar-refractivity contribution >= 4 is 23.9 Å². The maximum absolute atomic E-state index is 10.8. The summed E-state index contributed by atoms with van der Waals surface area (Å²) in [6.45, 7) is 5.47. The Bertz CT molecular complexity index is 1360. The molecule has 0 bridgehead atoms. The lowest BCUT2D eigenvalue weighted by Gasteiger charge is -2.21. The van der Waals surface area contributed by atoms with Gasteiger partial charge in [-0.15, -0.1) is 0 Å². The fourth-order valence-corrected chi connectivity index (χ4v) is 3.39. The molecule has 0 amide bonds. The predicted molar refractivity (Wildman–Crippen MR) is 146 cm³/mol. The molecule has 8 nitrogen and oxygen atoms in total. The molecule has 0 atom stereocenters. The van der Waals surface area contributed by atoms with E-state index in [1.807, 2.05) is 55.6 Å². The third-order valence-corrected chi connectivity index (χ3v) is 5.43. The van der Waals surface area contributed by atoms with Gasteiger partial charge in [0.1, 0.15) is 18.3 Å². The zero-order valence-electron chi connectivity index (χ0n) is 21.3. The Hall–Kier alpha value is -4.32. The van der Waals surface area contributed by atoms with Gasteiger partial charge in [0.05, 0.1) is 25.1 Å². The van der Waals surface area contributed by atoms with E-state index in [9.17, 15) is 4.79 Å². The second-order valence-corrected chi connectivity index (χ2v) is 8.10. The topological polar surface area (TPSA) is 88.8 Å². The van der Waals surface area contributed by atoms with Crippen molar-refractivity contribution in [1.82, 2.24) is 19.5 Å². The molecule has 1 fully saturated rings. The van der Waals surface area contributed by atoms with E-state index in [2.05, 4.69) is 39.2 Å². The van der Waals surface area contributed by atoms with Crippen LogP contribution in [-0.4, -0.2) is 72.5 Å². The van der Waals surface area contributed by atoms with E-state index in [0.717, 1.165) is 67.0 Å². The molecule has 0 saturated carbocycles. The first-order valence-electron chi connectivity index (χ1n) is 11.9. The minimum atomic E-state index is 0.637. The van der Waals surface area contributed by atoms with Gasteiger partial charge in [-0.25, -0.2) is 9.50 Å². The average Bonchev–Trinajstić information content (AvgIpc) is 3.35. The molecule has 2 aromatic heterocycles. The molecule has 37 heavy (non-hydrogen) atoms. The van der Waals surface area contributed by atoms with Gasteiger partial charge in [-0.3, -0.25) is 4.79 Å². The van der Waals surface area contributed by atoms with Crippen molar-refractivity contribution in [1.29, 1.82) is 0 Å². The summed E-state index contributed by atoms with van der Waals surface area (Å²) in [4.78, 5) is 26.3. The monoisotopic (exact) mass is 497 g/mol. The Labute approximate surface area is 217 Å². The molecular formula is C29H31N5O3. The van der Waals surface area contributed by atoms with Crippen LogP contribution in [0.15, 0.2) is 66.9 Å². The Morgan fingerprint density at radius 3 is 2.35 bits per heavy atom. The smallest absolute Gasteiger partial charge is 0.154 e. The number of aromatic nitrogens is 3. The van der Waals surface area contributed by atoms with Crippen molar-refractivity contribution in [3.8, 4) is 23.1 Å². The van der Waals surface area contributed by atoms with Crippen molar-refractivity contribution < 1.29 is 14.3 Å². The van der Waals surface area contributed by atoms with Crippen molar-refractivity contribution in [2.24, 2.45) is 0 Å². The zero-order valence-corrected chi connectivity index (χ0v) is 21.3. The number of aldehydes is 2. The fraction of sp³-hybridized carbons (Fsp3) is 0.241. The number of rotatable bonds is 3. The fourth-order valence-electron chi connectivity index (χ4n) is 3.39. The van der Waals surface area contributed by atoms with Crippen molar-refractivity contribution in [3.63, 3.8) is 0 Å². The molecule has 4 aromatic rings. The normalized spacial score (nSPS) is 12.6. The van der Waals surface area contributed by atoms with Crippen LogP contribution in [0.1, 0.15) is 28.5 Å². The lowest BCUT2D eigenvalue weighted by molar-refractivity contribution is -0.106. The molecular weight excluding hydrogens is 466 g/mol. The minimum Gasteiger partial charge on any atom is -0.388 e. The molecule has 1 saturated heterocycles. The molecule has 3 heterocycles. The Morgan fingerprint density at radius 2 is 1.73 bits per heavy atom. The average molecular weight is 498 g/mol. The lowest BCUT2D eigenvalue weighted by Crippen LogP contribution is -2.32. The van der Waals surface area contributed by atoms with Crippen molar-refractivity contribution in [2.45, 2.75) is 6.92 Å². The SMILES string of the molecule is CC=O.CN1CCOCC1.CNc1cccc(C#Cc2cnc3ccc(-c4ccc(C=O)cc4)nn23)c1. The molecule has 2 aromatic carbocycles. The molecule has 8 heteroatoms. The van der Waals surface area contributed by atoms with E-state index in [-0.39, 0.29) is 0 Å². The van der Waals surface area contributed by atoms with Crippen LogP contribution in [0.4, 0.5) is 5.69 Å². The van der Waals surface area contributed by atoms with Gasteiger partial charge in [-0.1, -0.05) is 36.3 Å². The van der Waals surface area contributed by atoms with Crippen molar-refractivity contribution in [2.75, 3.05) is 45.7 Å². The summed E-state index contributed by atoms with van der Waals surface area (Å²) in [5.41, 5.74) is 5.73. The highest BCUT2D eigenvalue weighted by atomic mass is 16.5. The van der Waals surface area contributed by atoms with Crippen molar-refractivity contribution in [3.05, 3.63) is 83.7 Å². The van der Waals surface area contributed by atoms with Gasteiger partial charge < -0.3 is 19.7 Å². The summed E-state index contributed by atoms with van der Waals surface area (Å²) in [7, 11) is 3.99. The molecule has 0 radical (unpaired) electrons. The summed E-state index contributed by atoms with van der Waals surface area (Å²) in [5.74, 6) is 6.30. The van der Waals surface area contributed by atoms with Gasteiger partial charge in [0.2, 0.25) is 0 Å². The van der Waals surface area contributed by atoms with Crippen LogP contribution in [-0.2, 0) is 9.53 Å². The summed E-state index contributed by atoms with van der Waals surface area (Å²) in [5, 5.41) is 7.76. The number of anilines is 1. The van der Waals surface area contributed by atoms with Gasteiger partial charge in [0, 0.05) is 42.5 Å². The van der Waals surface area contributed by atoms with E-state index < -0.39 is 0 Å². The number of likely N-dealkylation sites (N-methyl/N-ethyl adjacent to an activating group) is 1. The van der Waals surface area contributed by atoms with Crippen LogP contribution in [0.5, 0.6) is 0 Å². The number of carbonyl (C=O) groups is 2. The highest BCUT2D eigenvalue weighted by molar-refractivity contribution is 5.76. The lowest BCUT2D eigenvalue weighted by atomic mass is 10.1. The third-order valence-electron chi connectivity index (χ3n) is 5.43. The Balaban J connectivity index is 0.000000321. The van der Waals surface area contributed by atoms with E-state index in [4.69, 9.17) is 9.53 Å². The van der Waals surface area contributed by atoms with Gasteiger partial charge in [0.15, 0.2) is 5.65 Å². The quantitative estimate of drug-likeness (QED) is 0.340. The maximum Gasteiger partial charge on any atom is 0.154 e. The number of ether oxygens (including phenoxy) is 1. The largest absolute Gasteiger partial charge is 0.388 e. The maximum atomic E-state index is 10.8. The van der Waals surface area contributed by atoms with E-state index in [0.29, 0.717) is 11.3 Å². The molecule has 190 valence electrons. The highest BCUT2D eigenvalue weighted by Crippen LogP contribution is 2.18. The standard InChI is InChI=1S/C22H16N4O.C5H11NO.C2H4O/c1-23-19-4-2-3-16(13-19)7-10-20-14-24-22-12-11-21(25-26(20)22)18-8-5-17(15-27)6-9-18;1-6-2-4-7-5-3-6;1-2-3/h2-6,8-9,11-15,23H,1H3;2-5H2,1H3;2H,1H3. The van der Waals surface area contributed by atoms with E-state index in [1.54, 1.807) is 22.8 Å². The van der Waals surface area contributed by atoms with Gasteiger partial charge in [-0.2, -0.15) is 5.10 Å². The first-order chi connectivity index (χ1) is 18.1. The molecule has 1 aliphatic heterocycles. The first kappa shape index (κ1) is 27.3. The van der Waals surface area contributed by atoms with E-state index >= 15 is 0 Å². The zero-order chi connectivity index (χ0) is 26.5. The summed E-state index contributed by atoms with van der Waals surface area (Å²) >= 11 is 0. The van der Waals surface area contributed by atoms with Crippen LogP contribution >= 0.6 is 0 Å². The molecule has 1 aliphatic rings. The predicted octanol–water partition coefficient (Wildman–Crippen LogP) is 3.80. The molecule has 0 spiro atoms. The Morgan fingerprint density at radius 1 is 1.00 bits per heavy atom. The molecule has 5 rings (SSSR count). The van der Waals surface area contributed by atoms with Gasteiger partial charge in [0.25, 0.3) is 0 Å². The van der Waals surface area contributed by atoms with Gasteiger partial charge >= 0.3 is 0 Å². The first-order valence-corrected chi connectivity index (χ1v) is 11.9. The summed E-state index contributed by atoms with van der Waals surface area (Å²) in [6, 6.07) is 19.0. The van der Waals surface area contributed by atoms with Crippen LogP contribution in [0.25, 0.3) is 16.9 Å². The highest BCUT2D eigenvalue weighted by Gasteiger charge is 2.06. The number of hydrogen-bond acceptors (Lipinski definition) is 7.